The highest BCUT2D eigenvalue weighted by molar-refractivity contribution is 6.31. The standard InChI is InChI=1S/C15H18ClNO2/c1-9-3-5-13(18-9)15(17-2)14-8-10-7-11(16)4-6-12(10)19-14/h4,6-9,13,15,17H,3,5H2,1-2H3. The fraction of sp³-hybridized carbons (Fsp3) is 0.467. The van der Waals surface area contributed by atoms with Gasteiger partial charge in [0.15, 0.2) is 0 Å². The molecule has 1 saturated heterocycles. The molecule has 0 aliphatic carbocycles. The zero-order valence-electron chi connectivity index (χ0n) is 11.2. The summed E-state index contributed by atoms with van der Waals surface area (Å²) in [4.78, 5) is 0. The van der Waals surface area contributed by atoms with Gasteiger partial charge >= 0.3 is 0 Å². The first-order valence-electron chi connectivity index (χ1n) is 6.69. The van der Waals surface area contributed by atoms with Gasteiger partial charge in [-0.05, 0) is 51.1 Å². The number of hydrogen-bond acceptors (Lipinski definition) is 3. The van der Waals surface area contributed by atoms with Crippen molar-refractivity contribution in [1.82, 2.24) is 5.32 Å². The number of rotatable bonds is 3. The first-order valence-corrected chi connectivity index (χ1v) is 7.07. The summed E-state index contributed by atoms with van der Waals surface area (Å²) in [5, 5.41) is 5.07. The first-order chi connectivity index (χ1) is 9.17. The van der Waals surface area contributed by atoms with E-state index in [-0.39, 0.29) is 12.1 Å². The Kier molecular flexibility index (Phi) is 3.52. The Morgan fingerprint density at radius 1 is 1.32 bits per heavy atom. The van der Waals surface area contributed by atoms with Gasteiger partial charge in [-0.15, -0.1) is 0 Å². The van der Waals surface area contributed by atoms with Crippen LogP contribution in [0.2, 0.25) is 5.02 Å². The van der Waals surface area contributed by atoms with E-state index in [0.29, 0.717) is 6.10 Å². The van der Waals surface area contributed by atoms with E-state index in [1.807, 2.05) is 25.2 Å². The van der Waals surface area contributed by atoms with Crippen LogP contribution < -0.4 is 5.32 Å². The van der Waals surface area contributed by atoms with Gasteiger partial charge in [0.1, 0.15) is 11.3 Å². The van der Waals surface area contributed by atoms with Gasteiger partial charge in [-0.1, -0.05) is 11.6 Å². The third-order valence-corrected chi connectivity index (χ3v) is 3.99. The Balaban J connectivity index is 1.92. The summed E-state index contributed by atoms with van der Waals surface area (Å²) in [6, 6.07) is 7.82. The quantitative estimate of drug-likeness (QED) is 0.925. The molecule has 2 aromatic rings. The lowest BCUT2D eigenvalue weighted by Crippen LogP contribution is -2.29. The average Bonchev–Trinajstić information content (AvgIpc) is 2.96. The minimum atomic E-state index is 0.0936. The molecule has 3 rings (SSSR count). The normalized spacial score (nSPS) is 25.0. The molecule has 0 amide bonds. The van der Waals surface area contributed by atoms with Crippen LogP contribution in [0.15, 0.2) is 28.7 Å². The van der Waals surface area contributed by atoms with Crippen molar-refractivity contribution in [2.75, 3.05) is 7.05 Å². The molecule has 0 saturated carbocycles. The molecule has 3 unspecified atom stereocenters. The molecule has 3 nitrogen and oxygen atoms in total. The van der Waals surface area contributed by atoms with E-state index < -0.39 is 0 Å². The van der Waals surface area contributed by atoms with Gasteiger partial charge in [0.2, 0.25) is 0 Å². The van der Waals surface area contributed by atoms with Gasteiger partial charge in [-0.25, -0.2) is 0 Å². The summed E-state index contributed by atoms with van der Waals surface area (Å²) in [7, 11) is 1.94. The number of nitrogens with one attached hydrogen (secondary N) is 1. The van der Waals surface area contributed by atoms with Crippen molar-refractivity contribution in [3.8, 4) is 0 Å². The zero-order chi connectivity index (χ0) is 13.4. The van der Waals surface area contributed by atoms with E-state index >= 15 is 0 Å². The zero-order valence-corrected chi connectivity index (χ0v) is 11.9. The van der Waals surface area contributed by atoms with Gasteiger partial charge in [0.05, 0.1) is 18.2 Å². The lowest BCUT2D eigenvalue weighted by molar-refractivity contribution is 0.0289. The Bertz CT molecular complexity index is 581. The molecule has 1 aliphatic rings. The Morgan fingerprint density at radius 3 is 2.84 bits per heavy atom. The number of ether oxygens (including phenoxy) is 1. The maximum Gasteiger partial charge on any atom is 0.134 e. The lowest BCUT2D eigenvalue weighted by Gasteiger charge is -2.20. The van der Waals surface area contributed by atoms with E-state index in [9.17, 15) is 0 Å². The molecule has 1 N–H and O–H groups in total. The Morgan fingerprint density at radius 2 is 2.16 bits per heavy atom. The predicted molar refractivity (Wildman–Crippen MR) is 76.6 cm³/mol. The predicted octanol–water partition coefficient (Wildman–Crippen LogP) is 3.91. The van der Waals surface area contributed by atoms with E-state index in [1.54, 1.807) is 0 Å². The molecule has 0 spiro atoms. The van der Waals surface area contributed by atoms with Crippen molar-refractivity contribution in [2.24, 2.45) is 0 Å². The van der Waals surface area contributed by atoms with E-state index in [1.165, 1.54) is 0 Å². The Hall–Kier alpha value is -1.03. The van der Waals surface area contributed by atoms with Crippen LogP contribution in [0.5, 0.6) is 0 Å². The molecule has 1 fully saturated rings. The van der Waals surface area contributed by atoms with Gasteiger partial charge in [0, 0.05) is 10.4 Å². The molecule has 102 valence electrons. The summed E-state index contributed by atoms with van der Waals surface area (Å²) in [5.74, 6) is 0.916. The number of halogens is 1. The second kappa shape index (κ2) is 5.16. The summed E-state index contributed by atoms with van der Waals surface area (Å²) < 4.78 is 11.9. The third-order valence-electron chi connectivity index (χ3n) is 3.75. The van der Waals surface area contributed by atoms with Crippen molar-refractivity contribution in [3.63, 3.8) is 0 Å². The number of likely N-dealkylation sites (N-methyl/N-ethyl adjacent to an activating group) is 1. The average molecular weight is 280 g/mol. The van der Waals surface area contributed by atoms with Crippen molar-refractivity contribution in [2.45, 2.75) is 38.0 Å². The molecule has 1 aromatic heterocycles. The minimum Gasteiger partial charge on any atom is -0.459 e. The first kappa shape index (κ1) is 13.0. The van der Waals surface area contributed by atoms with Crippen molar-refractivity contribution >= 4 is 22.6 Å². The summed E-state index contributed by atoms with van der Waals surface area (Å²) >= 11 is 6.01. The van der Waals surface area contributed by atoms with Gasteiger partial charge in [-0.2, -0.15) is 0 Å². The second-order valence-corrected chi connectivity index (χ2v) is 5.60. The highest BCUT2D eigenvalue weighted by Crippen LogP contribution is 2.33. The van der Waals surface area contributed by atoms with Crippen molar-refractivity contribution in [3.05, 3.63) is 35.0 Å². The monoisotopic (exact) mass is 279 g/mol. The van der Waals surface area contributed by atoms with Crippen LogP contribution in [0.25, 0.3) is 11.0 Å². The van der Waals surface area contributed by atoms with Crippen LogP contribution >= 0.6 is 11.6 Å². The van der Waals surface area contributed by atoms with Crippen LogP contribution in [-0.2, 0) is 4.74 Å². The van der Waals surface area contributed by atoms with Crippen LogP contribution in [0.4, 0.5) is 0 Å². The molecule has 1 aliphatic heterocycles. The van der Waals surface area contributed by atoms with Gasteiger partial charge in [0.25, 0.3) is 0 Å². The fourth-order valence-corrected chi connectivity index (χ4v) is 2.96. The van der Waals surface area contributed by atoms with Crippen molar-refractivity contribution in [1.29, 1.82) is 0 Å². The summed E-state index contributed by atoms with van der Waals surface area (Å²) in [6.45, 7) is 2.12. The van der Waals surface area contributed by atoms with Gasteiger partial charge in [-0.3, -0.25) is 0 Å². The van der Waals surface area contributed by atoms with Crippen LogP contribution in [0.1, 0.15) is 31.6 Å². The number of furan rings is 1. The third kappa shape index (κ3) is 2.50. The number of benzene rings is 1. The maximum absolute atomic E-state index is 6.01. The molecule has 3 atom stereocenters. The van der Waals surface area contributed by atoms with Crippen LogP contribution in [0, 0.1) is 0 Å². The van der Waals surface area contributed by atoms with Gasteiger partial charge < -0.3 is 14.5 Å². The molecule has 4 heteroatoms. The number of hydrogen-bond donors (Lipinski definition) is 1. The summed E-state index contributed by atoms with van der Waals surface area (Å²) in [6.07, 6.45) is 2.68. The summed E-state index contributed by atoms with van der Waals surface area (Å²) in [5.41, 5.74) is 0.866. The molecule has 0 bridgehead atoms. The van der Waals surface area contributed by atoms with Crippen molar-refractivity contribution < 1.29 is 9.15 Å². The van der Waals surface area contributed by atoms with Crippen LogP contribution in [-0.4, -0.2) is 19.3 Å². The molecular formula is C15H18ClNO2. The second-order valence-electron chi connectivity index (χ2n) is 5.16. The molecule has 19 heavy (non-hydrogen) atoms. The Labute approximate surface area is 117 Å². The van der Waals surface area contributed by atoms with E-state index in [2.05, 4.69) is 18.3 Å². The topological polar surface area (TPSA) is 34.4 Å². The minimum absolute atomic E-state index is 0.0936. The number of fused-ring (bicyclic) bond motifs is 1. The fourth-order valence-electron chi connectivity index (χ4n) is 2.78. The molecular weight excluding hydrogens is 262 g/mol. The highest BCUT2D eigenvalue weighted by Gasteiger charge is 2.31. The SMILES string of the molecule is CNC(c1cc2cc(Cl)ccc2o1)C1CCC(C)O1. The lowest BCUT2D eigenvalue weighted by atomic mass is 10.0. The molecule has 2 heterocycles. The molecule has 0 radical (unpaired) electrons. The van der Waals surface area contributed by atoms with Crippen LogP contribution in [0.3, 0.4) is 0 Å². The molecule has 1 aromatic carbocycles. The maximum atomic E-state index is 6.01. The largest absolute Gasteiger partial charge is 0.459 e. The van der Waals surface area contributed by atoms with E-state index in [4.69, 9.17) is 20.8 Å². The van der Waals surface area contributed by atoms with E-state index in [0.717, 1.165) is 34.6 Å². The smallest absolute Gasteiger partial charge is 0.134 e. The highest BCUT2D eigenvalue weighted by atomic mass is 35.5.